The SMILES string of the molecule is C=C(C=C(C=C(C)C(F)(F)F)C(F)(F)F)C1COC(=O)N(Cc2nc(OC)ccc2C2=CC(CCC(=O)O)CC=C2OC)C1C. The van der Waals surface area contributed by atoms with Crippen molar-refractivity contribution in [1.29, 1.82) is 0 Å². The molecule has 246 valence electrons. The molecular formula is C31H34F6N2O6. The molecule has 1 amide bonds. The van der Waals surface area contributed by atoms with Crippen molar-refractivity contribution in [3.8, 4) is 5.88 Å². The van der Waals surface area contributed by atoms with Gasteiger partial charge < -0.3 is 19.3 Å². The molecule has 1 aliphatic heterocycles. The predicted molar refractivity (Wildman–Crippen MR) is 152 cm³/mol. The van der Waals surface area contributed by atoms with E-state index in [0.717, 1.165) is 0 Å². The van der Waals surface area contributed by atoms with E-state index < -0.39 is 47.5 Å². The van der Waals surface area contributed by atoms with E-state index in [1.54, 1.807) is 19.1 Å². The van der Waals surface area contributed by atoms with Gasteiger partial charge in [0.2, 0.25) is 5.88 Å². The number of carboxylic acids is 1. The monoisotopic (exact) mass is 644 g/mol. The zero-order valence-corrected chi connectivity index (χ0v) is 25.1. The summed E-state index contributed by atoms with van der Waals surface area (Å²) in [5.74, 6) is -1.25. The van der Waals surface area contributed by atoms with E-state index in [-0.39, 0.29) is 43.0 Å². The third-order valence-corrected chi connectivity index (χ3v) is 7.65. The summed E-state index contributed by atoms with van der Waals surface area (Å²) in [4.78, 5) is 29.9. The first-order chi connectivity index (χ1) is 21.0. The lowest BCUT2D eigenvalue weighted by Crippen LogP contribution is -2.49. The summed E-state index contributed by atoms with van der Waals surface area (Å²) in [5.41, 5.74) is -1.70. The Morgan fingerprint density at radius 3 is 2.42 bits per heavy atom. The number of hydrogen-bond donors (Lipinski definition) is 1. The summed E-state index contributed by atoms with van der Waals surface area (Å²) in [6.07, 6.45) is -5.74. The zero-order valence-electron chi connectivity index (χ0n) is 25.1. The molecule has 0 radical (unpaired) electrons. The number of methoxy groups -OCH3 is 2. The number of ether oxygens (including phenoxy) is 3. The summed E-state index contributed by atoms with van der Waals surface area (Å²) < 4.78 is 96.3. The van der Waals surface area contributed by atoms with Gasteiger partial charge in [0.15, 0.2) is 0 Å². The Kier molecular flexibility index (Phi) is 11.2. The van der Waals surface area contributed by atoms with Crippen molar-refractivity contribution in [2.45, 2.75) is 58.0 Å². The normalized spacial score (nSPS) is 21.5. The molecule has 3 unspecified atom stereocenters. The minimum atomic E-state index is -5.11. The molecule has 3 atom stereocenters. The zero-order chi connectivity index (χ0) is 33.7. The first-order valence-corrected chi connectivity index (χ1v) is 13.8. The smallest absolute Gasteiger partial charge is 0.416 e. The number of cyclic esters (lactones) is 1. The van der Waals surface area contributed by atoms with Crippen molar-refractivity contribution in [2.75, 3.05) is 20.8 Å². The van der Waals surface area contributed by atoms with Crippen molar-refractivity contribution in [3.05, 3.63) is 76.8 Å². The Morgan fingerprint density at radius 1 is 1.16 bits per heavy atom. The van der Waals surface area contributed by atoms with Crippen LogP contribution in [0.3, 0.4) is 0 Å². The second-order valence-electron chi connectivity index (χ2n) is 10.7. The van der Waals surface area contributed by atoms with Crippen LogP contribution < -0.4 is 4.74 Å². The van der Waals surface area contributed by atoms with Crippen LogP contribution >= 0.6 is 0 Å². The van der Waals surface area contributed by atoms with Crippen LogP contribution in [0.25, 0.3) is 5.57 Å². The minimum Gasteiger partial charge on any atom is -0.496 e. The van der Waals surface area contributed by atoms with Gasteiger partial charge in [-0.15, -0.1) is 0 Å². The largest absolute Gasteiger partial charge is 0.496 e. The molecule has 1 aromatic heterocycles. The average Bonchev–Trinajstić information content (AvgIpc) is 2.96. The molecule has 2 heterocycles. The average molecular weight is 645 g/mol. The number of carbonyl (C=O) groups excluding carboxylic acids is 1. The van der Waals surface area contributed by atoms with E-state index >= 15 is 0 Å². The first-order valence-electron chi connectivity index (χ1n) is 13.8. The van der Waals surface area contributed by atoms with E-state index in [2.05, 4.69) is 11.6 Å². The second-order valence-corrected chi connectivity index (χ2v) is 10.7. The van der Waals surface area contributed by atoms with Crippen molar-refractivity contribution in [3.63, 3.8) is 0 Å². The molecule has 0 spiro atoms. The lowest BCUT2D eigenvalue weighted by Gasteiger charge is -2.39. The quantitative estimate of drug-likeness (QED) is 0.198. The number of nitrogens with zero attached hydrogens (tertiary/aromatic N) is 2. The number of rotatable bonds is 11. The van der Waals surface area contributed by atoms with Crippen molar-refractivity contribution < 1.29 is 55.2 Å². The number of carboxylic acid groups (broad SMARTS) is 1. The summed E-state index contributed by atoms with van der Waals surface area (Å²) in [6, 6.07) is 2.49. The number of allylic oxidation sites excluding steroid dienone is 7. The number of amides is 1. The molecule has 8 nitrogen and oxygen atoms in total. The van der Waals surface area contributed by atoms with Gasteiger partial charge >= 0.3 is 24.4 Å². The Bertz CT molecular complexity index is 1430. The Balaban J connectivity index is 1.99. The summed E-state index contributed by atoms with van der Waals surface area (Å²) in [5, 5.41) is 9.13. The van der Waals surface area contributed by atoms with Gasteiger partial charge in [-0.05, 0) is 62.5 Å². The van der Waals surface area contributed by atoms with Gasteiger partial charge in [0.25, 0.3) is 0 Å². The second kappa shape index (κ2) is 14.2. The predicted octanol–water partition coefficient (Wildman–Crippen LogP) is 7.40. The van der Waals surface area contributed by atoms with Crippen molar-refractivity contribution in [2.24, 2.45) is 11.8 Å². The third-order valence-electron chi connectivity index (χ3n) is 7.65. The van der Waals surface area contributed by atoms with Crippen LogP contribution in [0, 0.1) is 11.8 Å². The van der Waals surface area contributed by atoms with Gasteiger partial charge in [0, 0.05) is 41.2 Å². The van der Waals surface area contributed by atoms with Gasteiger partial charge in [0.05, 0.1) is 32.0 Å². The third kappa shape index (κ3) is 8.92. The molecule has 2 aliphatic rings. The van der Waals surface area contributed by atoms with Crippen molar-refractivity contribution in [1.82, 2.24) is 9.88 Å². The maximum Gasteiger partial charge on any atom is 0.416 e. The summed E-state index contributed by atoms with van der Waals surface area (Å²) in [7, 11) is 2.87. The van der Waals surface area contributed by atoms with Gasteiger partial charge in [-0.3, -0.25) is 9.69 Å². The molecule has 0 aromatic carbocycles. The van der Waals surface area contributed by atoms with Gasteiger partial charge in [-0.25, -0.2) is 9.78 Å². The number of alkyl halides is 6. The highest BCUT2D eigenvalue weighted by molar-refractivity contribution is 5.80. The van der Waals surface area contributed by atoms with Crippen molar-refractivity contribution >= 4 is 17.6 Å². The minimum absolute atomic E-state index is 0.0113. The topological polar surface area (TPSA) is 98.2 Å². The Hall–Kier alpha value is -4.23. The molecule has 3 rings (SSSR count). The van der Waals surface area contributed by atoms with Crippen LogP contribution in [0.2, 0.25) is 0 Å². The van der Waals surface area contributed by atoms with Crippen LogP contribution in [0.15, 0.2) is 65.5 Å². The van der Waals surface area contributed by atoms with E-state index in [1.807, 2.05) is 12.2 Å². The van der Waals surface area contributed by atoms with E-state index in [0.29, 0.717) is 48.4 Å². The van der Waals surface area contributed by atoms with Crippen LogP contribution in [-0.4, -0.2) is 66.3 Å². The number of carbonyl (C=O) groups is 2. The van der Waals surface area contributed by atoms with Crippen LogP contribution in [0.5, 0.6) is 5.88 Å². The molecule has 1 aliphatic carbocycles. The number of halogens is 6. The lowest BCUT2D eigenvalue weighted by molar-refractivity contribution is -0.137. The summed E-state index contributed by atoms with van der Waals surface area (Å²) in [6.45, 7) is 5.25. The summed E-state index contributed by atoms with van der Waals surface area (Å²) >= 11 is 0. The highest BCUT2D eigenvalue weighted by Crippen LogP contribution is 2.38. The maximum absolute atomic E-state index is 13.7. The molecular weight excluding hydrogens is 610 g/mol. The molecule has 1 aromatic rings. The highest BCUT2D eigenvalue weighted by atomic mass is 19.4. The molecule has 1 fully saturated rings. The lowest BCUT2D eigenvalue weighted by atomic mass is 9.87. The number of pyridine rings is 1. The van der Waals surface area contributed by atoms with Crippen LogP contribution in [-0.2, 0) is 20.8 Å². The highest BCUT2D eigenvalue weighted by Gasteiger charge is 2.40. The van der Waals surface area contributed by atoms with Crippen LogP contribution in [0.1, 0.15) is 44.4 Å². The van der Waals surface area contributed by atoms with E-state index in [1.165, 1.54) is 19.1 Å². The number of aromatic nitrogens is 1. The Labute approximate surface area is 256 Å². The fourth-order valence-corrected chi connectivity index (χ4v) is 5.02. The molecule has 1 N–H and O–H groups in total. The van der Waals surface area contributed by atoms with E-state index in [4.69, 9.17) is 19.3 Å². The maximum atomic E-state index is 13.7. The molecule has 14 heteroatoms. The van der Waals surface area contributed by atoms with Crippen LogP contribution in [0.4, 0.5) is 31.1 Å². The molecule has 1 saturated heterocycles. The number of hydrogen-bond acceptors (Lipinski definition) is 6. The fraction of sp³-hybridized carbons (Fsp3) is 0.452. The standard InChI is InChI=1S/C31H34F6N2O6/c1-17(12-21(31(35,36)37)13-18(2)30(32,33)34)24-16-45-29(42)39(19(24)3)15-25-22(8-10-27(38-25)44-5)23-14-20(7-11-28(40)41)6-9-26(23)43-4/h8-10,12-14,19-20,24H,1,6-7,11,15-16H2,2-5H3,(H,40,41). The van der Waals surface area contributed by atoms with Gasteiger partial charge in [-0.1, -0.05) is 12.7 Å². The van der Waals surface area contributed by atoms with Gasteiger partial charge in [-0.2, -0.15) is 26.3 Å². The molecule has 0 saturated carbocycles. The molecule has 0 bridgehead atoms. The number of aliphatic carboxylic acids is 1. The van der Waals surface area contributed by atoms with E-state index in [9.17, 15) is 35.9 Å². The molecule has 45 heavy (non-hydrogen) atoms. The van der Waals surface area contributed by atoms with Gasteiger partial charge in [0.1, 0.15) is 12.4 Å². The first kappa shape index (κ1) is 35.3. The Morgan fingerprint density at radius 2 is 1.84 bits per heavy atom. The fourth-order valence-electron chi connectivity index (χ4n) is 5.02.